The third-order valence-corrected chi connectivity index (χ3v) is 4.88. The number of carbonyl (C=O) groups is 1. The van der Waals surface area contributed by atoms with Crippen LogP contribution in [0.25, 0.3) is 0 Å². The predicted molar refractivity (Wildman–Crippen MR) is 92.2 cm³/mol. The van der Waals surface area contributed by atoms with Gasteiger partial charge in [-0.1, -0.05) is 11.6 Å². The number of halogens is 2. The molecule has 0 saturated carbocycles. The van der Waals surface area contributed by atoms with Crippen molar-refractivity contribution in [2.45, 2.75) is 32.2 Å². The van der Waals surface area contributed by atoms with Gasteiger partial charge in [-0.2, -0.15) is 0 Å². The number of hydrogen-bond donors (Lipinski definition) is 1. The van der Waals surface area contributed by atoms with E-state index in [9.17, 15) is 4.79 Å². The molecule has 4 nitrogen and oxygen atoms in total. The van der Waals surface area contributed by atoms with Crippen LogP contribution < -0.4 is 10.5 Å². The van der Waals surface area contributed by atoms with Gasteiger partial charge in [-0.25, -0.2) is 0 Å². The van der Waals surface area contributed by atoms with E-state index in [1.165, 1.54) is 0 Å². The molecule has 1 aliphatic heterocycles. The van der Waals surface area contributed by atoms with E-state index in [0.717, 1.165) is 30.4 Å². The number of nitrogens with zero attached hydrogens (tertiary/aromatic N) is 1. The lowest BCUT2D eigenvalue weighted by molar-refractivity contribution is -0.133. The van der Waals surface area contributed by atoms with Crippen molar-refractivity contribution in [1.82, 2.24) is 4.90 Å². The molecule has 6 heteroatoms. The molecular formula is C16H22BrClN2O2. The smallest absolute Gasteiger partial charge is 0.226 e. The molecule has 0 aromatic heterocycles. The zero-order valence-electron chi connectivity index (χ0n) is 12.7. The Bertz CT molecular complexity index is 525. The van der Waals surface area contributed by atoms with Crippen molar-refractivity contribution in [3.63, 3.8) is 0 Å². The molecule has 1 heterocycles. The van der Waals surface area contributed by atoms with E-state index in [-0.39, 0.29) is 11.9 Å². The molecule has 1 amide bonds. The quantitative estimate of drug-likeness (QED) is 0.839. The summed E-state index contributed by atoms with van der Waals surface area (Å²) in [5, 5.41) is 0.644. The number of amides is 1. The van der Waals surface area contributed by atoms with Gasteiger partial charge in [0.15, 0.2) is 0 Å². The van der Waals surface area contributed by atoms with Crippen LogP contribution in [0.4, 0.5) is 0 Å². The Morgan fingerprint density at radius 2 is 2.36 bits per heavy atom. The summed E-state index contributed by atoms with van der Waals surface area (Å²) in [6.07, 6.45) is 2.51. The summed E-state index contributed by atoms with van der Waals surface area (Å²) in [5.74, 6) is 1.24. The van der Waals surface area contributed by atoms with Crippen molar-refractivity contribution in [2.75, 3.05) is 19.7 Å². The number of likely N-dealkylation sites (tertiary alicyclic amines) is 1. The molecule has 0 radical (unpaired) electrons. The maximum absolute atomic E-state index is 12.3. The molecule has 122 valence electrons. The van der Waals surface area contributed by atoms with Gasteiger partial charge in [0.2, 0.25) is 5.91 Å². The molecule has 0 unspecified atom stereocenters. The molecule has 0 spiro atoms. The molecule has 1 aromatic rings. The first kappa shape index (κ1) is 17.6. The lowest BCUT2D eigenvalue weighted by Crippen LogP contribution is -2.45. The molecule has 0 bridgehead atoms. The van der Waals surface area contributed by atoms with Crippen LogP contribution in [-0.4, -0.2) is 36.5 Å². The number of rotatable bonds is 5. The zero-order valence-corrected chi connectivity index (χ0v) is 15.1. The Balaban J connectivity index is 1.80. The fraction of sp³-hybridized carbons (Fsp3) is 0.562. The van der Waals surface area contributed by atoms with Crippen LogP contribution in [0, 0.1) is 5.92 Å². The summed E-state index contributed by atoms with van der Waals surface area (Å²) in [5.41, 5.74) is 5.96. The van der Waals surface area contributed by atoms with Crippen molar-refractivity contribution in [3.8, 4) is 5.75 Å². The summed E-state index contributed by atoms with van der Waals surface area (Å²) in [6, 6.07) is 5.47. The van der Waals surface area contributed by atoms with Crippen LogP contribution in [0.3, 0.4) is 0 Å². The van der Waals surface area contributed by atoms with Crippen LogP contribution in [0.5, 0.6) is 5.75 Å². The first-order chi connectivity index (χ1) is 10.5. The maximum Gasteiger partial charge on any atom is 0.226 e. The number of hydrogen-bond acceptors (Lipinski definition) is 3. The average molecular weight is 390 g/mol. The minimum atomic E-state index is 0.135. The van der Waals surface area contributed by atoms with E-state index in [1.54, 1.807) is 18.2 Å². The van der Waals surface area contributed by atoms with Gasteiger partial charge >= 0.3 is 0 Å². The summed E-state index contributed by atoms with van der Waals surface area (Å²) < 4.78 is 6.44. The molecule has 0 aliphatic carbocycles. The third-order valence-electron chi connectivity index (χ3n) is 4.02. The number of benzene rings is 1. The SMILES string of the molecule is C[C@H](N)[C@H]1CCCN(C(=O)CCOc2ccc(Cl)cc2Br)C1. The topological polar surface area (TPSA) is 55.6 Å². The van der Waals surface area contributed by atoms with E-state index in [4.69, 9.17) is 22.1 Å². The number of ether oxygens (including phenoxy) is 1. The second-order valence-electron chi connectivity index (χ2n) is 5.77. The fourth-order valence-electron chi connectivity index (χ4n) is 2.66. The summed E-state index contributed by atoms with van der Waals surface area (Å²) >= 11 is 9.28. The minimum absolute atomic E-state index is 0.135. The average Bonchev–Trinajstić information content (AvgIpc) is 2.49. The minimum Gasteiger partial charge on any atom is -0.492 e. The van der Waals surface area contributed by atoms with Crippen LogP contribution in [0.15, 0.2) is 22.7 Å². The summed E-state index contributed by atoms with van der Waals surface area (Å²) in [6.45, 7) is 3.96. The highest BCUT2D eigenvalue weighted by molar-refractivity contribution is 9.10. The van der Waals surface area contributed by atoms with E-state index in [0.29, 0.717) is 29.7 Å². The van der Waals surface area contributed by atoms with Gasteiger partial charge < -0.3 is 15.4 Å². The van der Waals surface area contributed by atoms with Gasteiger partial charge in [-0.05, 0) is 59.8 Å². The fourth-order valence-corrected chi connectivity index (χ4v) is 3.46. The first-order valence-electron chi connectivity index (χ1n) is 7.58. The van der Waals surface area contributed by atoms with Crippen molar-refractivity contribution >= 4 is 33.4 Å². The van der Waals surface area contributed by atoms with Gasteiger partial charge in [0, 0.05) is 24.2 Å². The van der Waals surface area contributed by atoms with Gasteiger partial charge in [-0.15, -0.1) is 0 Å². The Hall–Kier alpha value is -0.780. The molecule has 1 saturated heterocycles. The molecule has 22 heavy (non-hydrogen) atoms. The van der Waals surface area contributed by atoms with E-state index < -0.39 is 0 Å². The van der Waals surface area contributed by atoms with Gasteiger partial charge in [0.25, 0.3) is 0 Å². The lowest BCUT2D eigenvalue weighted by atomic mass is 9.92. The molecule has 2 N–H and O–H groups in total. The predicted octanol–water partition coefficient (Wildman–Crippen LogP) is 3.46. The van der Waals surface area contributed by atoms with Crippen LogP contribution in [0.1, 0.15) is 26.2 Å². The van der Waals surface area contributed by atoms with Gasteiger partial charge in [-0.3, -0.25) is 4.79 Å². The Kier molecular flexibility index (Phi) is 6.53. The second kappa shape index (κ2) is 8.18. The zero-order chi connectivity index (χ0) is 16.1. The van der Waals surface area contributed by atoms with E-state index >= 15 is 0 Å². The number of nitrogens with two attached hydrogens (primary N) is 1. The Morgan fingerprint density at radius 3 is 3.05 bits per heavy atom. The van der Waals surface area contributed by atoms with E-state index in [1.807, 2.05) is 11.8 Å². The van der Waals surface area contributed by atoms with E-state index in [2.05, 4.69) is 15.9 Å². The first-order valence-corrected chi connectivity index (χ1v) is 8.75. The van der Waals surface area contributed by atoms with Gasteiger partial charge in [0.05, 0.1) is 17.5 Å². The molecule has 2 rings (SSSR count). The molecule has 1 aromatic carbocycles. The van der Waals surface area contributed by atoms with Crippen LogP contribution in [0.2, 0.25) is 5.02 Å². The Morgan fingerprint density at radius 1 is 1.59 bits per heavy atom. The second-order valence-corrected chi connectivity index (χ2v) is 7.07. The van der Waals surface area contributed by atoms with Crippen LogP contribution >= 0.6 is 27.5 Å². The van der Waals surface area contributed by atoms with Crippen molar-refractivity contribution in [2.24, 2.45) is 11.7 Å². The molecule has 1 aliphatic rings. The highest BCUT2D eigenvalue weighted by Crippen LogP contribution is 2.28. The summed E-state index contributed by atoms with van der Waals surface area (Å²) in [4.78, 5) is 14.2. The normalized spacial score (nSPS) is 19.8. The number of carbonyl (C=O) groups excluding carboxylic acids is 1. The summed E-state index contributed by atoms with van der Waals surface area (Å²) in [7, 11) is 0. The molecule has 1 fully saturated rings. The van der Waals surface area contributed by atoms with Crippen molar-refractivity contribution < 1.29 is 9.53 Å². The molecular weight excluding hydrogens is 368 g/mol. The highest BCUT2D eigenvalue weighted by atomic mass is 79.9. The lowest BCUT2D eigenvalue weighted by Gasteiger charge is -2.34. The van der Waals surface area contributed by atoms with Gasteiger partial charge in [0.1, 0.15) is 5.75 Å². The Labute approximate surface area is 145 Å². The monoisotopic (exact) mass is 388 g/mol. The third kappa shape index (κ3) is 4.86. The van der Waals surface area contributed by atoms with Crippen molar-refractivity contribution in [3.05, 3.63) is 27.7 Å². The maximum atomic E-state index is 12.3. The van der Waals surface area contributed by atoms with Crippen LogP contribution in [-0.2, 0) is 4.79 Å². The van der Waals surface area contributed by atoms with Crippen molar-refractivity contribution in [1.29, 1.82) is 0 Å². The largest absolute Gasteiger partial charge is 0.492 e. The molecule has 2 atom stereocenters. The highest BCUT2D eigenvalue weighted by Gasteiger charge is 2.25. The number of piperidine rings is 1. The standard InChI is InChI=1S/C16H22BrClN2O2/c1-11(19)12-3-2-7-20(10-12)16(21)6-8-22-15-5-4-13(18)9-14(15)17/h4-5,9,11-12H,2-3,6-8,10,19H2,1H3/t11-,12-/m0/s1.